The van der Waals surface area contributed by atoms with Crippen LogP contribution in [0.25, 0.3) is 0 Å². The maximum absolute atomic E-state index is 13.3. The predicted octanol–water partition coefficient (Wildman–Crippen LogP) is 4.79. The van der Waals surface area contributed by atoms with E-state index >= 15 is 0 Å². The summed E-state index contributed by atoms with van der Waals surface area (Å²) in [4.78, 5) is 29.3. The number of amides is 3. The van der Waals surface area contributed by atoms with Crippen molar-refractivity contribution in [3.8, 4) is 6.07 Å². The van der Waals surface area contributed by atoms with Gasteiger partial charge in [-0.05, 0) is 92.8 Å². The van der Waals surface area contributed by atoms with Gasteiger partial charge in [0.25, 0.3) is 0 Å². The first-order chi connectivity index (χ1) is 18.3. The highest BCUT2D eigenvalue weighted by Gasteiger charge is 2.35. The van der Waals surface area contributed by atoms with Gasteiger partial charge < -0.3 is 20.4 Å². The van der Waals surface area contributed by atoms with Crippen LogP contribution in [0.4, 0.5) is 14.9 Å². The Labute approximate surface area is 225 Å². The number of benzene rings is 2. The largest absolute Gasteiger partial charge is 0.343 e. The van der Waals surface area contributed by atoms with Crippen LogP contribution in [-0.2, 0) is 11.2 Å². The molecule has 3 amide bonds. The number of anilines is 1. The van der Waals surface area contributed by atoms with Gasteiger partial charge in [0.2, 0.25) is 5.91 Å². The molecule has 2 aromatic carbocycles. The van der Waals surface area contributed by atoms with E-state index in [-0.39, 0.29) is 35.8 Å². The topological polar surface area (TPSA) is 88.5 Å². The van der Waals surface area contributed by atoms with Crippen LogP contribution < -0.4 is 10.6 Å². The number of nitrogens with zero attached hydrogens (tertiary/aromatic N) is 3. The molecule has 0 aromatic heterocycles. The highest BCUT2D eigenvalue weighted by molar-refractivity contribution is 5.89. The zero-order valence-electron chi connectivity index (χ0n) is 22.3. The van der Waals surface area contributed by atoms with Crippen LogP contribution in [0, 0.1) is 29.0 Å². The quantitative estimate of drug-likeness (QED) is 0.551. The minimum absolute atomic E-state index is 0.0109. The number of nitrogens with one attached hydrogen (secondary N) is 2. The van der Waals surface area contributed by atoms with Gasteiger partial charge >= 0.3 is 6.03 Å². The first kappa shape index (κ1) is 27.6. The maximum Gasteiger partial charge on any atom is 0.319 e. The second-order valence-electron chi connectivity index (χ2n) is 10.9. The number of hydrogen-bond acceptors (Lipinski definition) is 4. The van der Waals surface area contributed by atoms with Crippen LogP contribution >= 0.6 is 0 Å². The molecule has 1 saturated carbocycles. The molecule has 202 valence electrons. The summed E-state index contributed by atoms with van der Waals surface area (Å²) in [6.45, 7) is 4.45. The van der Waals surface area contributed by atoms with E-state index < -0.39 is 0 Å². The number of likely N-dealkylation sites (tertiary alicyclic amines) is 1. The Morgan fingerprint density at radius 2 is 1.95 bits per heavy atom. The molecule has 4 atom stereocenters. The predicted molar refractivity (Wildman–Crippen MR) is 146 cm³/mol. The molecular formula is C30H38FN5O2. The van der Waals surface area contributed by atoms with Gasteiger partial charge in [0, 0.05) is 44.8 Å². The van der Waals surface area contributed by atoms with Gasteiger partial charge in [0.1, 0.15) is 5.82 Å². The van der Waals surface area contributed by atoms with E-state index in [0.29, 0.717) is 17.2 Å². The summed E-state index contributed by atoms with van der Waals surface area (Å²) in [5, 5.41) is 15.2. The molecule has 8 heteroatoms. The van der Waals surface area contributed by atoms with Crippen LogP contribution in [0.2, 0.25) is 0 Å². The molecule has 38 heavy (non-hydrogen) atoms. The van der Waals surface area contributed by atoms with Crippen molar-refractivity contribution >= 4 is 17.6 Å². The van der Waals surface area contributed by atoms with Gasteiger partial charge in [-0.25, -0.2) is 9.18 Å². The molecule has 1 heterocycles. The minimum Gasteiger partial charge on any atom is -0.343 e. The number of carbonyl (C=O) groups excluding carboxylic acids is 2. The van der Waals surface area contributed by atoms with Crippen molar-refractivity contribution in [3.05, 3.63) is 65.5 Å². The molecule has 1 saturated heterocycles. The van der Waals surface area contributed by atoms with Crippen LogP contribution in [-0.4, -0.2) is 60.5 Å². The summed E-state index contributed by atoms with van der Waals surface area (Å²) in [6.07, 6.45) is 5.68. The number of piperidine rings is 1. The van der Waals surface area contributed by atoms with E-state index in [1.807, 2.05) is 24.1 Å². The summed E-state index contributed by atoms with van der Waals surface area (Å²) in [6, 6.07) is 15.7. The van der Waals surface area contributed by atoms with Gasteiger partial charge in [-0.2, -0.15) is 5.26 Å². The van der Waals surface area contributed by atoms with E-state index in [9.17, 15) is 14.0 Å². The van der Waals surface area contributed by atoms with Crippen molar-refractivity contribution in [2.75, 3.05) is 32.0 Å². The smallest absolute Gasteiger partial charge is 0.319 e. The van der Waals surface area contributed by atoms with E-state index in [4.69, 9.17) is 5.26 Å². The van der Waals surface area contributed by atoms with Crippen molar-refractivity contribution in [1.29, 1.82) is 5.26 Å². The minimum atomic E-state index is -0.277. The lowest BCUT2D eigenvalue weighted by Gasteiger charge is -2.43. The summed E-state index contributed by atoms with van der Waals surface area (Å²) in [5.74, 6) is 0.571. The number of rotatable bonds is 7. The van der Waals surface area contributed by atoms with E-state index in [0.717, 1.165) is 63.7 Å². The van der Waals surface area contributed by atoms with Crippen LogP contribution in [0.5, 0.6) is 0 Å². The SMILES string of the molecule is CC(=O)N(C)[C@@H]1CC[C@@H](NC(=O)Nc2cccc(C#N)c2)[C@H](CN2CCC[C@@H](Cc3ccc(F)cc3)C2)C1. The maximum atomic E-state index is 13.3. The Morgan fingerprint density at radius 1 is 1.16 bits per heavy atom. The zero-order chi connectivity index (χ0) is 27.1. The van der Waals surface area contributed by atoms with E-state index in [1.165, 1.54) is 12.1 Å². The van der Waals surface area contributed by atoms with Crippen molar-refractivity contribution in [3.63, 3.8) is 0 Å². The molecule has 0 bridgehead atoms. The molecule has 2 aromatic rings. The first-order valence-corrected chi connectivity index (χ1v) is 13.6. The molecule has 0 spiro atoms. The van der Waals surface area contributed by atoms with Gasteiger partial charge in [-0.1, -0.05) is 18.2 Å². The molecule has 1 aliphatic heterocycles. The Kier molecular flexibility index (Phi) is 9.35. The number of halogens is 1. The fraction of sp³-hybridized carbons (Fsp3) is 0.500. The van der Waals surface area contributed by atoms with E-state index in [2.05, 4.69) is 21.6 Å². The Bertz CT molecular complexity index is 1150. The number of hydrogen-bond donors (Lipinski definition) is 2. The molecular weight excluding hydrogens is 481 g/mol. The van der Waals surface area contributed by atoms with Crippen LogP contribution in [0.15, 0.2) is 48.5 Å². The summed E-state index contributed by atoms with van der Waals surface area (Å²) in [5.41, 5.74) is 2.24. The molecule has 7 nitrogen and oxygen atoms in total. The Morgan fingerprint density at radius 3 is 2.68 bits per heavy atom. The number of nitriles is 1. The van der Waals surface area contributed by atoms with Crippen molar-refractivity contribution in [1.82, 2.24) is 15.1 Å². The molecule has 4 rings (SSSR count). The van der Waals surface area contributed by atoms with Gasteiger partial charge in [-0.3, -0.25) is 4.79 Å². The summed E-state index contributed by atoms with van der Waals surface area (Å²) in [7, 11) is 1.87. The fourth-order valence-electron chi connectivity index (χ4n) is 6.01. The Hall–Kier alpha value is -3.44. The van der Waals surface area contributed by atoms with Crippen LogP contribution in [0.1, 0.15) is 50.2 Å². The van der Waals surface area contributed by atoms with Gasteiger partial charge in [0.05, 0.1) is 11.6 Å². The van der Waals surface area contributed by atoms with Crippen molar-refractivity contribution in [2.24, 2.45) is 11.8 Å². The summed E-state index contributed by atoms with van der Waals surface area (Å²) >= 11 is 0. The third-order valence-corrected chi connectivity index (χ3v) is 8.10. The third-order valence-electron chi connectivity index (χ3n) is 8.10. The molecule has 0 radical (unpaired) electrons. The lowest BCUT2D eigenvalue weighted by atomic mass is 9.80. The summed E-state index contributed by atoms with van der Waals surface area (Å²) < 4.78 is 13.3. The van der Waals surface area contributed by atoms with E-state index in [1.54, 1.807) is 31.2 Å². The Balaban J connectivity index is 1.40. The second kappa shape index (κ2) is 12.9. The second-order valence-corrected chi connectivity index (χ2v) is 10.9. The molecule has 0 unspecified atom stereocenters. The fourth-order valence-corrected chi connectivity index (χ4v) is 6.01. The zero-order valence-corrected chi connectivity index (χ0v) is 22.3. The molecule has 1 aliphatic carbocycles. The number of urea groups is 1. The molecule has 2 aliphatic rings. The third kappa shape index (κ3) is 7.55. The first-order valence-electron chi connectivity index (χ1n) is 13.6. The van der Waals surface area contributed by atoms with Crippen molar-refractivity contribution < 1.29 is 14.0 Å². The lowest BCUT2D eigenvalue weighted by Crippen LogP contribution is -2.53. The normalized spacial score (nSPS) is 23.7. The van der Waals surface area contributed by atoms with Gasteiger partial charge in [-0.15, -0.1) is 0 Å². The lowest BCUT2D eigenvalue weighted by molar-refractivity contribution is -0.130. The highest BCUT2D eigenvalue weighted by Crippen LogP contribution is 2.31. The van der Waals surface area contributed by atoms with Crippen molar-refractivity contribution in [2.45, 2.75) is 57.5 Å². The number of carbonyl (C=O) groups is 2. The average Bonchev–Trinajstić information content (AvgIpc) is 2.91. The molecule has 2 fully saturated rings. The standard InChI is InChI=1S/C30H38FN5O2/c1-21(37)35(2)28-12-13-29(34-30(38)33-27-7-3-5-23(16-27)18-32)25(17-28)20-36-14-4-6-24(19-36)15-22-8-10-26(31)11-9-22/h3,5,7-11,16,24-25,28-29H,4,6,12-15,17,19-20H2,1-2H3,(H2,33,34,38)/t24-,25-,28+,29+/m0/s1. The molecule has 2 N–H and O–H groups in total. The highest BCUT2D eigenvalue weighted by atomic mass is 19.1. The van der Waals surface area contributed by atoms with Crippen LogP contribution in [0.3, 0.4) is 0 Å². The van der Waals surface area contributed by atoms with Gasteiger partial charge in [0.15, 0.2) is 0 Å². The monoisotopic (exact) mass is 519 g/mol. The average molecular weight is 520 g/mol.